The molecule has 1 rings (SSSR count). The number of hydrogen-bond donors (Lipinski definition) is 0. The molecule has 1 aliphatic rings. The van der Waals surface area contributed by atoms with Crippen LogP contribution in [0.25, 0.3) is 0 Å². The van der Waals surface area contributed by atoms with Crippen LogP contribution in [0.4, 0.5) is 0 Å². The lowest BCUT2D eigenvalue weighted by Crippen LogP contribution is -2.30. The van der Waals surface area contributed by atoms with Crippen LogP contribution >= 0.6 is 15.0 Å². The van der Waals surface area contributed by atoms with E-state index in [4.69, 9.17) is 0 Å². The van der Waals surface area contributed by atoms with Crippen molar-refractivity contribution in [1.82, 2.24) is 4.81 Å². The first-order valence-corrected chi connectivity index (χ1v) is 10.00. The molecule has 0 saturated carbocycles. The van der Waals surface area contributed by atoms with Crippen molar-refractivity contribution < 1.29 is 0 Å². The molecular weight excluding hydrogens is 231 g/mol. The van der Waals surface area contributed by atoms with Gasteiger partial charge < -0.3 is 4.81 Å². The van der Waals surface area contributed by atoms with Gasteiger partial charge >= 0.3 is 0 Å². The summed E-state index contributed by atoms with van der Waals surface area (Å²) in [5, 5.41) is 1.09. The summed E-state index contributed by atoms with van der Waals surface area (Å²) in [6.07, 6.45) is 0.944. The monoisotopic (exact) mass is 259 g/mol. The summed E-state index contributed by atoms with van der Waals surface area (Å²) in [6, 6.07) is 0. The molecule has 0 bridgehead atoms. The van der Waals surface area contributed by atoms with Gasteiger partial charge in [-0.1, -0.05) is 70.4 Å². The molecule has 1 saturated heterocycles. The van der Waals surface area contributed by atoms with E-state index in [1.54, 1.807) is 0 Å². The van der Waals surface area contributed by atoms with Crippen molar-refractivity contribution >= 4 is 21.3 Å². The Bertz CT molecular complexity index is 220. The second kappa shape index (κ2) is 4.87. The van der Waals surface area contributed by atoms with Crippen LogP contribution in [0.2, 0.25) is 0 Å². The fourth-order valence-corrected chi connectivity index (χ4v) is 15.4. The minimum absolute atomic E-state index is 0.233. The van der Waals surface area contributed by atoms with Crippen molar-refractivity contribution in [1.29, 1.82) is 0 Å². The van der Waals surface area contributed by atoms with Gasteiger partial charge in [-0.25, -0.2) is 0 Å². The van der Waals surface area contributed by atoms with Crippen LogP contribution in [-0.2, 0) is 0 Å². The molecule has 0 N–H and O–H groups in total. The number of hydrogen-bond acceptors (Lipinski definition) is 1. The van der Waals surface area contributed by atoms with Crippen LogP contribution in [0.15, 0.2) is 0 Å². The molecule has 2 unspecified atom stereocenters. The van der Waals surface area contributed by atoms with E-state index >= 15 is 0 Å². The zero-order valence-corrected chi connectivity index (χ0v) is 14.1. The van der Waals surface area contributed by atoms with Gasteiger partial charge in [0.05, 0.1) is 0 Å². The second-order valence-corrected chi connectivity index (χ2v) is 14.6. The predicted octanol–water partition coefficient (Wildman–Crippen LogP) is 4.80. The fourth-order valence-electron chi connectivity index (χ4n) is 2.36. The molecule has 94 valence electrons. The molecule has 0 aromatic heterocycles. The van der Waals surface area contributed by atoms with E-state index in [0.717, 1.165) is 6.29 Å². The standard InChI is InChI=1S/C12H28BNP2/c1-9-14(10-2)13-15(11(3,4)5)16(13)12(6,7)8/h9-10H2,1-8H3. The Balaban J connectivity index is 2.85. The maximum atomic E-state index is 2.72. The molecular formula is C12H28BNP2. The summed E-state index contributed by atoms with van der Waals surface area (Å²) < 4.78 is 0. The highest BCUT2D eigenvalue weighted by molar-refractivity contribution is 8.79. The van der Waals surface area contributed by atoms with E-state index in [1.165, 1.54) is 13.1 Å². The molecule has 16 heavy (non-hydrogen) atoms. The van der Waals surface area contributed by atoms with Gasteiger partial charge in [0.15, 0.2) is 0 Å². The maximum Gasteiger partial charge on any atom is 0.291 e. The van der Waals surface area contributed by atoms with Crippen molar-refractivity contribution in [2.24, 2.45) is 0 Å². The van der Waals surface area contributed by atoms with Gasteiger partial charge in [-0.2, -0.15) is 0 Å². The lowest BCUT2D eigenvalue weighted by Gasteiger charge is -2.25. The van der Waals surface area contributed by atoms with Crippen molar-refractivity contribution in [3.8, 4) is 0 Å². The summed E-state index contributed by atoms with van der Waals surface area (Å²) in [6.45, 7) is 21.8. The van der Waals surface area contributed by atoms with Gasteiger partial charge in [0.2, 0.25) is 0 Å². The van der Waals surface area contributed by atoms with Crippen LogP contribution in [0.3, 0.4) is 0 Å². The average molecular weight is 259 g/mol. The first-order chi connectivity index (χ1) is 7.14. The summed E-state index contributed by atoms with van der Waals surface area (Å²) in [5.41, 5.74) is 0. The molecule has 0 spiro atoms. The Hall–Kier alpha value is 0.885. The van der Waals surface area contributed by atoms with Crippen LogP contribution < -0.4 is 0 Å². The second-order valence-electron chi connectivity index (χ2n) is 6.60. The SMILES string of the molecule is CCN(CC)B1P(C(C)(C)C)P1C(C)(C)C. The third-order valence-corrected chi connectivity index (χ3v) is 14.4. The summed E-state index contributed by atoms with van der Waals surface area (Å²) in [4.78, 5) is 2.72. The highest BCUT2D eigenvalue weighted by Gasteiger charge is 2.64. The van der Waals surface area contributed by atoms with Gasteiger partial charge in [0.25, 0.3) is 6.29 Å². The maximum absolute atomic E-state index is 2.72. The topological polar surface area (TPSA) is 3.24 Å². The Labute approximate surface area is 105 Å². The Morgan fingerprint density at radius 1 is 0.812 bits per heavy atom. The average Bonchev–Trinajstić information content (AvgIpc) is 2.79. The van der Waals surface area contributed by atoms with E-state index in [0.29, 0.717) is 10.3 Å². The van der Waals surface area contributed by atoms with Crippen LogP contribution in [0.1, 0.15) is 55.4 Å². The largest absolute Gasteiger partial charge is 0.334 e. The molecule has 1 fully saturated rings. The van der Waals surface area contributed by atoms with Gasteiger partial charge in [-0.3, -0.25) is 0 Å². The number of nitrogens with zero attached hydrogens (tertiary/aromatic N) is 1. The minimum Gasteiger partial charge on any atom is -0.334 e. The van der Waals surface area contributed by atoms with E-state index in [-0.39, 0.29) is 15.0 Å². The molecule has 1 nitrogen and oxygen atoms in total. The summed E-state index contributed by atoms with van der Waals surface area (Å²) >= 11 is 0. The normalized spacial score (nSPS) is 26.4. The fraction of sp³-hybridized carbons (Fsp3) is 1.00. The zero-order chi connectivity index (χ0) is 12.7. The van der Waals surface area contributed by atoms with E-state index in [2.05, 4.69) is 60.2 Å². The molecule has 0 aliphatic carbocycles. The van der Waals surface area contributed by atoms with Crippen molar-refractivity contribution in [2.45, 2.75) is 65.7 Å². The number of rotatable bonds is 3. The molecule has 0 aromatic rings. The van der Waals surface area contributed by atoms with E-state index in [9.17, 15) is 0 Å². The lowest BCUT2D eigenvalue weighted by molar-refractivity contribution is 0.498. The first kappa shape index (κ1) is 14.9. The van der Waals surface area contributed by atoms with Crippen LogP contribution in [0.5, 0.6) is 0 Å². The molecule has 0 amide bonds. The van der Waals surface area contributed by atoms with Crippen LogP contribution in [-0.4, -0.2) is 34.5 Å². The summed E-state index contributed by atoms with van der Waals surface area (Å²) in [7, 11) is 0.467. The van der Waals surface area contributed by atoms with Gasteiger partial charge in [0.1, 0.15) is 0 Å². The molecule has 1 heterocycles. The third kappa shape index (κ3) is 3.01. The minimum atomic E-state index is 0.233. The van der Waals surface area contributed by atoms with Gasteiger partial charge in [0, 0.05) is 0 Å². The van der Waals surface area contributed by atoms with Crippen molar-refractivity contribution in [3.63, 3.8) is 0 Å². The van der Waals surface area contributed by atoms with E-state index < -0.39 is 0 Å². The molecule has 0 radical (unpaired) electrons. The predicted molar refractivity (Wildman–Crippen MR) is 82.0 cm³/mol. The molecule has 4 heteroatoms. The Kier molecular flexibility index (Phi) is 4.55. The summed E-state index contributed by atoms with van der Waals surface area (Å²) in [5.74, 6) is 0. The van der Waals surface area contributed by atoms with E-state index in [1.807, 2.05) is 0 Å². The quantitative estimate of drug-likeness (QED) is 0.519. The zero-order valence-electron chi connectivity index (χ0n) is 12.3. The smallest absolute Gasteiger partial charge is 0.291 e. The molecule has 0 aromatic carbocycles. The van der Waals surface area contributed by atoms with Gasteiger partial charge in [-0.15, -0.1) is 0 Å². The highest BCUT2D eigenvalue weighted by Crippen LogP contribution is 3.00. The Morgan fingerprint density at radius 2 is 1.12 bits per heavy atom. The van der Waals surface area contributed by atoms with Crippen LogP contribution in [0, 0.1) is 0 Å². The van der Waals surface area contributed by atoms with Crippen molar-refractivity contribution in [3.05, 3.63) is 0 Å². The molecule has 1 aliphatic heterocycles. The highest BCUT2D eigenvalue weighted by atomic mass is 32.1. The molecule has 2 atom stereocenters. The first-order valence-electron chi connectivity index (χ1n) is 6.47. The third-order valence-electron chi connectivity index (χ3n) is 3.13. The van der Waals surface area contributed by atoms with Gasteiger partial charge in [-0.05, 0) is 23.4 Å². The van der Waals surface area contributed by atoms with Crippen molar-refractivity contribution in [2.75, 3.05) is 13.1 Å². The Morgan fingerprint density at radius 3 is 1.31 bits per heavy atom. The lowest BCUT2D eigenvalue weighted by atomic mass is 10.2.